The zero-order chi connectivity index (χ0) is 13.5. The minimum atomic E-state index is 0.0292. The van der Waals surface area contributed by atoms with Gasteiger partial charge in [0.2, 0.25) is 5.91 Å². The lowest BCUT2D eigenvalue weighted by molar-refractivity contribution is -0.128. The molecule has 0 aromatic carbocycles. The van der Waals surface area contributed by atoms with Gasteiger partial charge in [-0.05, 0) is 51.9 Å². The number of ether oxygens (including phenoxy) is 1. The van der Waals surface area contributed by atoms with Crippen LogP contribution in [0.3, 0.4) is 0 Å². The Balaban J connectivity index is 1.58. The van der Waals surface area contributed by atoms with Gasteiger partial charge < -0.3 is 15.4 Å². The molecule has 5 heteroatoms. The summed E-state index contributed by atoms with van der Waals surface area (Å²) in [4.78, 5) is 14.2. The fourth-order valence-corrected chi connectivity index (χ4v) is 2.98. The van der Waals surface area contributed by atoms with Crippen LogP contribution >= 0.6 is 0 Å². The molecule has 0 aliphatic carbocycles. The maximum atomic E-state index is 11.8. The van der Waals surface area contributed by atoms with Crippen LogP contribution in [-0.2, 0) is 9.53 Å². The normalized spacial score (nSPS) is 25.6. The van der Waals surface area contributed by atoms with Crippen molar-refractivity contribution in [3.05, 3.63) is 0 Å². The first-order chi connectivity index (χ1) is 9.29. The van der Waals surface area contributed by atoms with Crippen molar-refractivity contribution >= 4 is 5.91 Å². The van der Waals surface area contributed by atoms with E-state index in [4.69, 9.17) is 4.74 Å². The second-order valence-corrected chi connectivity index (χ2v) is 5.49. The number of rotatable bonds is 6. The molecule has 5 nitrogen and oxygen atoms in total. The van der Waals surface area contributed by atoms with Crippen LogP contribution in [0.5, 0.6) is 0 Å². The van der Waals surface area contributed by atoms with Crippen LogP contribution in [0.1, 0.15) is 32.6 Å². The summed E-state index contributed by atoms with van der Waals surface area (Å²) in [5, 5.41) is 6.30. The van der Waals surface area contributed by atoms with Gasteiger partial charge in [-0.3, -0.25) is 9.69 Å². The Morgan fingerprint density at radius 1 is 1.37 bits per heavy atom. The van der Waals surface area contributed by atoms with E-state index in [2.05, 4.69) is 22.5 Å². The highest BCUT2D eigenvalue weighted by Crippen LogP contribution is 2.15. The van der Waals surface area contributed by atoms with E-state index in [1.165, 1.54) is 19.4 Å². The third kappa shape index (κ3) is 4.75. The number of likely N-dealkylation sites (N-methyl/N-ethyl adjacent to an activating group) is 1. The van der Waals surface area contributed by atoms with Crippen molar-refractivity contribution in [3.63, 3.8) is 0 Å². The molecule has 110 valence electrons. The Morgan fingerprint density at radius 2 is 2.16 bits per heavy atom. The van der Waals surface area contributed by atoms with Crippen LogP contribution < -0.4 is 10.6 Å². The van der Waals surface area contributed by atoms with Crippen LogP contribution in [0.25, 0.3) is 0 Å². The van der Waals surface area contributed by atoms with Crippen LogP contribution in [-0.4, -0.2) is 62.3 Å². The molecule has 1 unspecified atom stereocenters. The first-order valence-electron chi connectivity index (χ1n) is 7.62. The van der Waals surface area contributed by atoms with Gasteiger partial charge in [-0.2, -0.15) is 0 Å². The molecular weight excluding hydrogens is 242 g/mol. The van der Waals surface area contributed by atoms with Gasteiger partial charge in [0.15, 0.2) is 0 Å². The largest absolute Gasteiger partial charge is 0.368 e. The molecule has 2 aliphatic heterocycles. The van der Waals surface area contributed by atoms with E-state index in [1.54, 1.807) is 0 Å². The number of nitrogens with one attached hydrogen (secondary N) is 2. The molecule has 19 heavy (non-hydrogen) atoms. The lowest BCUT2D eigenvalue weighted by Gasteiger charge is -2.24. The quantitative estimate of drug-likeness (QED) is 0.731. The monoisotopic (exact) mass is 269 g/mol. The summed E-state index contributed by atoms with van der Waals surface area (Å²) in [6.07, 6.45) is 4.73. The second kappa shape index (κ2) is 7.82. The van der Waals surface area contributed by atoms with E-state index in [-0.39, 0.29) is 18.6 Å². The van der Waals surface area contributed by atoms with Crippen LogP contribution in [0, 0.1) is 0 Å². The molecule has 0 bridgehead atoms. The first-order valence-corrected chi connectivity index (χ1v) is 7.62. The minimum Gasteiger partial charge on any atom is -0.368 e. The molecule has 2 rings (SSSR count). The van der Waals surface area contributed by atoms with Crippen molar-refractivity contribution in [1.29, 1.82) is 0 Å². The van der Waals surface area contributed by atoms with Crippen molar-refractivity contribution in [2.45, 2.75) is 44.8 Å². The van der Waals surface area contributed by atoms with E-state index >= 15 is 0 Å². The molecule has 2 N–H and O–H groups in total. The molecule has 2 aliphatic rings. The average Bonchev–Trinajstić information content (AvgIpc) is 2.91. The molecule has 1 amide bonds. The van der Waals surface area contributed by atoms with E-state index < -0.39 is 0 Å². The fraction of sp³-hybridized carbons (Fsp3) is 0.929. The number of hydrogen-bond acceptors (Lipinski definition) is 4. The van der Waals surface area contributed by atoms with Gasteiger partial charge in [0, 0.05) is 12.6 Å². The minimum absolute atomic E-state index is 0.0292. The highest BCUT2D eigenvalue weighted by Gasteiger charge is 2.23. The summed E-state index contributed by atoms with van der Waals surface area (Å²) in [5.41, 5.74) is 0. The van der Waals surface area contributed by atoms with Crippen molar-refractivity contribution < 1.29 is 9.53 Å². The highest BCUT2D eigenvalue weighted by molar-refractivity contribution is 5.77. The van der Waals surface area contributed by atoms with E-state index in [1.807, 2.05) is 0 Å². The van der Waals surface area contributed by atoms with Gasteiger partial charge in [0.25, 0.3) is 0 Å². The standard InChI is InChI=1S/C14H27N3O2/c1-2-17-9-3-4-12(17)10-16-14(18)11-19-13-5-7-15-8-6-13/h12-13,15H,2-11H2,1H3,(H,16,18). The summed E-state index contributed by atoms with van der Waals surface area (Å²) >= 11 is 0. The van der Waals surface area contributed by atoms with Gasteiger partial charge in [-0.15, -0.1) is 0 Å². The van der Waals surface area contributed by atoms with Gasteiger partial charge in [0.05, 0.1) is 6.10 Å². The predicted molar refractivity (Wildman–Crippen MR) is 75.1 cm³/mol. The molecular formula is C14H27N3O2. The summed E-state index contributed by atoms with van der Waals surface area (Å²) < 4.78 is 5.65. The number of carbonyl (C=O) groups is 1. The number of carbonyl (C=O) groups excluding carboxylic acids is 1. The SMILES string of the molecule is CCN1CCCC1CNC(=O)COC1CCNCC1. The first kappa shape index (κ1) is 14.8. The lowest BCUT2D eigenvalue weighted by atomic mass is 10.1. The Hall–Kier alpha value is -0.650. The van der Waals surface area contributed by atoms with Crippen LogP contribution in [0.2, 0.25) is 0 Å². The van der Waals surface area contributed by atoms with Crippen molar-refractivity contribution in [1.82, 2.24) is 15.5 Å². The number of hydrogen-bond donors (Lipinski definition) is 2. The third-order valence-corrected chi connectivity index (χ3v) is 4.18. The van der Waals surface area contributed by atoms with E-state index in [0.29, 0.717) is 6.04 Å². The Morgan fingerprint density at radius 3 is 2.89 bits per heavy atom. The second-order valence-electron chi connectivity index (χ2n) is 5.49. The molecule has 0 saturated carbocycles. The maximum absolute atomic E-state index is 11.8. The topological polar surface area (TPSA) is 53.6 Å². The number of piperidine rings is 1. The maximum Gasteiger partial charge on any atom is 0.246 e. The van der Waals surface area contributed by atoms with Gasteiger partial charge in [-0.1, -0.05) is 6.92 Å². The van der Waals surface area contributed by atoms with Crippen molar-refractivity contribution in [2.24, 2.45) is 0 Å². The smallest absolute Gasteiger partial charge is 0.246 e. The average molecular weight is 269 g/mol. The lowest BCUT2D eigenvalue weighted by Crippen LogP contribution is -2.42. The predicted octanol–water partition coefficient (Wildman–Crippen LogP) is 0.356. The summed E-state index contributed by atoms with van der Waals surface area (Å²) in [6.45, 7) is 7.40. The van der Waals surface area contributed by atoms with Gasteiger partial charge in [-0.25, -0.2) is 0 Å². The number of nitrogens with zero attached hydrogens (tertiary/aromatic N) is 1. The Kier molecular flexibility index (Phi) is 6.07. The van der Waals surface area contributed by atoms with Gasteiger partial charge in [0.1, 0.15) is 6.61 Å². The zero-order valence-electron chi connectivity index (χ0n) is 12.0. The molecule has 2 fully saturated rings. The van der Waals surface area contributed by atoms with Crippen LogP contribution in [0.4, 0.5) is 0 Å². The third-order valence-electron chi connectivity index (χ3n) is 4.18. The van der Waals surface area contributed by atoms with Crippen LogP contribution in [0.15, 0.2) is 0 Å². The fourth-order valence-electron chi connectivity index (χ4n) is 2.98. The molecule has 2 saturated heterocycles. The van der Waals surface area contributed by atoms with Crippen molar-refractivity contribution in [2.75, 3.05) is 39.3 Å². The molecule has 0 aromatic heterocycles. The summed E-state index contributed by atoms with van der Waals surface area (Å²) in [5.74, 6) is 0.0292. The van der Waals surface area contributed by atoms with Gasteiger partial charge >= 0.3 is 0 Å². The Bertz CT molecular complexity index is 280. The van der Waals surface area contributed by atoms with Crippen molar-refractivity contribution in [3.8, 4) is 0 Å². The summed E-state index contributed by atoms with van der Waals surface area (Å²) in [7, 11) is 0. The zero-order valence-corrected chi connectivity index (χ0v) is 12.0. The number of amides is 1. The molecule has 0 aromatic rings. The Labute approximate surface area is 116 Å². The highest BCUT2D eigenvalue weighted by atomic mass is 16.5. The van der Waals surface area contributed by atoms with E-state index in [0.717, 1.165) is 39.0 Å². The molecule has 1 atom stereocenters. The number of likely N-dealkylation sites (tertiary alicyclic amines) is 1. The summed E-state index contributed by atoms with van der Waals surface area (Å²) in [6, 6.07) is 0.521. The molecule has 0 radical (unpaired) electrons. The molecule has 2 heterocycles. The molecule has 0 spiro atoms. The van der Waals surface area contributed by atoms with E-state index in [9.17, 15) is 4.79 Å².